The molecule has 0 radical (unpaired) electrons. The molecule has 0 saturated heterocycles. The van der Waals surface area contributed by atoms with Crippen LogP contribution in [0.5, 0.6) is 0 Å². The van der Waals surface area contributed by atoms with Crippen LogP contribution in [0.4, 0.5) is 0 Å². The second-order valence-corrected chi connectivity index (χ2v) is 3.49. The van der Waals surface area contributed by atoms with Gasteiger partial charge in [0.05, 0.1) is 0 Å². The average Bonchev–Trinajstić information content (AvgIpc) is 1.94. The zero-order valence-electron chi connectivity index (χ0n) is 5.13. The van der Waals surface area contributed by atoms with Gasteiger partial charge in [0.25, 0.3) is 0 Å². The van der Waals surface area contributed by atoms with E-state index in [1.807, 2.05) is 6.20 Å². The van der Waals surface area contributed by atoms with E-state index in [4.69, 9.17) is 0 Å². The van der Waals surface area contributed by atoms with Crippen molar-refractivity contribution in [2.24, 2.45) is 0 Å². The van der Waals surface area contributed by atoms with E-state index >= 15 is 0 Å². The zero-order chi connectivity index (χ0) is 5.82. The molecule has 0 unspecified atom stereocenters. The van der Waals surface area contributed by atoms with Crippen molar-refractivity contribution in [1.82, 2.24) is 0 Å². The minimum atomic E-state index is 0. The predicted molar refractivity (Wildman–Crippen MR) is 31.4 cm³/mol. The first-order valence-electron chi connectivity index (χ1n) is 2.78. The average molecular weight is 516 g/mol. The van der Waals surface area contributed by atoms with Crippen LogP contribution in [0, 0.1) is 31.1 Å². The molecule has 3 heteroatoms. The van der Waals surface area contributed by atoms with E-state index in [1.165, 1.54) is 42.6 Å². The molecule has 0 aromatic carbocycles. The number of hydrogen-bond acceptors (Lipinski definition) is 0. The van der Waals surface area contributed by atoms with Crippen molar-refractivity contribution in [3.63, 3.8) is 0 Å². The normalized spacial score (nSPS) is 17.6. The van der Waals surface area contributed by atoms with Gasteiger partial charge in [-0.25, -0.2) is 0 Å². The first kappa shape index (κ1) is 10.2. The van der Waals surface area contributed by atoms with Gasteiger partial charge in [0.1, 0.15) is 0 Å². The van der Waals surface area contributed by atoms with E-state index in [0.717, 1.165) is 0 Å². The minimum absolute atomic E-state index is 0. The van der Waals surface area contributed by atoms with E-state index in [2.05, 4.69) is 11.4 Å². The van der Waals surface area contributed by atoms with Gasteiger partial charge in [-0.1, -0.05) is 0 Å². The summed E-state index contributed by atoms with van der Waals surface area (Å²) >= 11 is 1.52. The summed E-state index contributed by atoms with van der Waals surface area (Å²) in [5.41, 5.74) is 0. The number of hydrogen-bond donors (Lipinski definition) is 0. The van der Waals surface area contributed by atoms with Crippen molar-refractivity contribution < 1.29 is 50.5 Å². The van der Waals surface area contributed by atoms with Crippen molar-refractivity contribution in [2.45, 2.75) is 19.3 Å². The fourth-order valence-electron chi connectivity index (χ4n) is 0.646. The molecule has 1 rings (SSSR count). The van der Waals surface area contributed by atoms with Crippen LogP contribution >= 0.6 is 0 Å². The Bertz CT molecular complexity index is 122. The third kappa shape index (κ3) is 4.54. The van der Waals surface area contributed by atoms with Gasteiger partial charge < -0.3 is 0 Å². The molecule has 0 amide bonds. The van der Waals surface area contributed by atoms with Crippen molar-refractivity contribution >= 4 is 4.02 Å². The summed E-state index contributed by atoms with van der Waals surface area (Å²) in [6.45, 7) is 0. The van der Waals surface area contributed by atoms with Gasteiger partial charge >= 0.3 is 60.2 Å². The Morgan fingerprint density at radius 3 is 3.11 bits per heavy atom. The third-order valence-electron chi connectivity index (χ3n) is 1.09. The number of allylic oxidation sites excluding steroid dienone is 1. The summed E-state index contributed by atoms with van der Waals surface area (Å²) in [5.74, 6) is 0. The molecule has 0 atom stereocenters. The second-order valence-electron chi connectivity index (χ2n) is 1.80. The molecule has 0 spiro atoms. The van der Waals surface area contributed by atoms with Crippen LogP contribution < -0.4 is 0 Å². The molecule has 1 aliphatic rings. The third-order valence-corrected chi connectivity index (χ3v) is 2.20. The van der Waals surface area contributed by atoms with E-state index in [0.29, 0.717) is 0 Å². The monoisotopic (exact) mass is 516 g/mol. The Hall–Kier alpha value is 1.15. The molecule has 0 fully saturated rings. The van der Waals surface area contributed by atoms with Crippen molar-refractivity contribution in [2.75, 3.05) is 0 Å². The van der Waals surface area contributed by atoms with Crippen molar-refractivity contribution in [1.29, 1.82) is 0 Å². The van der Waals surface area contributed by atoms with Gasteiger partial charge in [-0.05, 0) is 0 Å². The van der Waals surface area contributed by atoms with Gasteiger partial charge in [0.15, 0.2) is 0 Å². The van der Waals surface area contributed by atoms with Gasteiger partial charge in [0.2, 0.25) is 0 Å². The molecule has 0 aromatic rings. The van der Waals surface area contributed by atoms with Crippen molar-refractivity contribution in [3.8, 4) is 0 Å². The van der Waals surface area contributed by atoms with Gasteiger partial charge in [-0.15, -0.1) is 0 Å². The molecule has 9 heavy (non-hydrogen) atoms. The maximum atomic E-state index is 4.20. The summed E-state index contributed by atoms with van der Waals surface area (Å²) in [4.78, 5) is 0. The predicted octanol–water partition coefficient (Wildman–Crippen LogP) is 1.73. The Labute approximate surface area is 90.5 Å². The van der Waals surface area contributed by atoms with Crippen LogP contribution in [0.15, 0.2) is 12.3 Å². The van der Waals surface area contributed by atoms with Gasteiger partial charge in [-0.3, -0.25) is 0 Å². The van der Waals surface area contributed by atoms with E-state index in [1.54, 1.807) is 0 Å². The van der Waals surface area contributed by atoms with Gasteiger partial charge in [-0.2, -0.15) is 0 Å². The molecule has 48 valence electrons. The second kappa shape index (κ2) is 5.90. The van der Waals surface area contributed by atoms with E-state index < -0.39 is 0 Å². The van der Waals surface area contributed by atoms with Crippen LogP contribution in [0.2, 0.25) is 0 Å². The molecular weight excluding hydrogens is 508 g/mol. The molecule has 0 aliphatic carbocycles. The molecule has 0 saturated carbocycles. The Balaban J connectivity index is 0.000000640. The SMILES string of the molecule is [U].[W]=[C]1CCCC=C[N-]1. The molecule has 0 N–H and O–H groups in total. The Morgan fingerprint density at radius 2 is 2.33 bits per heavy atom. The van der Waals surface area contributed by atoms with Crippen molar-refractivity contribution in [3.05, 3.63) is 17.6 Å². The maximum absolute atomic E-state index is 4.20. The molecule has 1 nitrogen and oxygen atoms in total. The molecule has 0 bridgehead atoms. The number of rotatable bonds is 0. The Morgan fingerprint density at radius 1 is 1.56 bits per heavy atom. The van der Waals surface area contributed by atoms with E-state index in [-0.39, 0.29) is 31.1 Å². The van der Waals surface area contributed by atoms with Crippen LogP contribution in [0.3, 0.4) is 0 Å². The number of nitrogens with zero attached hydrogens (tertiary/aromatic N) is 1. The summed E-state index contributed by atoms with van der Waals surface area (Å²) in [6.07, 6.45) is 7.77. The molecule has 1 heterocycles. The topological polar surface area (TPSA) is 14.1 Å². The van der Waals surface area contributed by atoms with E-state index in [9.17, 15) is 0 Å². The summed E-state index contributed by atoms with van der Waals surface area (Å²) in [6, 6.07) is 0. The first-order chi connectivity index (χ1) is 3.89. The first-order valence-corrected chi connectivity index (χ1v) is 4.25. The molecule has 0 aromatic heterocycles. The summed E-state index contributed by atoms with van der Waals surface area (Å²) in [7, 11) is 0. The fraction of sp³-hybridized carbons (Fsp3) is 0.500. The van der Waals surface area contributed by atoms with Crippen LogP contribution in [-0.2, 0) is 19.4 Å². The zero-order valence-corrected chi connectivity index (χ0v) is 12.2. The van der Waals surface area contributed by atoms with Crippen LogP contribution in [-0.4, -0.2) is 4.02 Å². The molecular formula is C6H8NUW-. The fourth-order valence-corrected chi connectivity index (χ4v) is 1.38. The van der Waals surface area contributed by atoms with Crippen LogP contribution in [0.25, 0.3) is 5.32 Å². The van der Waals surface area contributed by atoms with Gasteiger partial charge in [0, 0.05) is 31.1 Å². The molecule has 1 aliphatic heterocycles. The summed E-state index contributed by atoms with van der Waals surface area (Å²) in [5, 5.41) is 4.20. The Kier molecular flexibility index (Phi) is 6.65. The summed E-state index contributed by atoms with van der Waals surface area (Å²) < 4.78 is 1.35. The quantitative estimate of drug-likeness (QED) is 0.467. The standard InChI is InChI=1S/C6H8N.U.W/c1-2-4-6-7-5-3-1;;/h3,5H,1-2,4H2;;/q-1;;. The van der Waals surface area contributed by atoms with Crippen LogP contribution in [0.1, 0.15) is 19.3 Å².